The van der Waals surface area contributed by atoms with Gasteiger partial charge in [0, 0.05) is 34.4 Å². The van der Waals surface area contributed by atoms with Gasteiger partial charge in [0.25, 0.3) is 0 Å². The second kappa shape index (κ2) is 13.5. The van der Waals surface area contributed by atoms with Crippen LogP contribution in [0.3, 0.4) is 0 Å². The predicted molar refractivity (Wildman–Crippen MR) is 151 cm³/mol. The third kappa shape index (κ3) is 6.93. The highest BCUT2D eigenvalue weighted by Gasteiger charge is 2.35. The number of methoxy groups -OCH3 is 2. The van der Waals surface area contributed by atoms with Crippen molar-refractivity contribution in [1.29, 1.82) is 0 Å². The lowest BCUT2D eigenvalue weighted by molar-refractivity contribution is -0.148. The third-order valence-corrected chi connectivity index (χ3v) is 7.19. The van der Waals surface area contributed by atoms with Gasteiger partial charge in [-0.25, -0.2) is 19.0 Å². The van der Waals surface area contributed by atoms with Crippen molar-refractivity contribution in [3.05, 3.63) is 51.3 Å². The quantitative estimate of drug-likeness (QED) is 0.283. The van der Waals surface area contributed by atoms with Gasteiger partial charge in [0.1, 0.15) is 23.7 Å². The Morgan fingerprint density at radius 3 is 1.92 bits per heavy atom. The molecule has 15 heteroatoms. The lowest BCUT2D eigenvalue weighted by Gasteiger charge is -2.38. The molecule has 4 aromatic rings. The van der Waals surface area contributed by atoms with Crippen molar-refractivity contribution in [1.82, 2.24) is 29.2 Å². The number of hydrogen-bond donors (Lipinski definition) is 0. The van der Waals surface area contributed by atoms with E-state index in [4.69, 9.17) is 16.3 Å². The van der Waals surface area contributed by atoms with E-state index in [1.54, 1.807) is 9.03 Å². The first-order valence-corrected chi connectivity index (χ1v) is 13.3. The van der Waals surface area contributed by atoms with E-state index >= 15 is 0 Å². The van der Waals surface area contributed by atoms with Gasteiger partial charge < -0.3 is 14.4 Å². The van der Waals surface area contributed by atoms with Crippen LogP contribution in [0.1, 0.15) is 19.3 Å². The Morgan fingerprint density at radius 1 is 0.895 bits per heavy atom. The summed E-state index contributed by atoms with van der Waals surface area (Å²) in [4.78, 5) is 32.1. The van der Waals surface area contributed by atoms with E-state index in [0.717, 1.165) is 38.6 Å². The van der Waals surface area contributed by atoms with Crippen LogP contribution in [-0.2, 0) is 19.1 Å². The first-order valence-electron chi connectivity index (χ1n) is 11.3. The van der Waals surface area contributed by atoms with Gasteiger partial charge in [0.15, 0.2) is 11.0 Å². The summed E-state index contributed by atoms with van der Waals surface area (Å²) in [5.74, 6) is 0.836. The molecule has 4 aromatic heterocycles. The molecular weight excluding hydrogens is 669 g/mol. The third-order valence-electron chi connectivity index (χ3n) is 6.03. The Morgan fingerprint density at radius 2 is 1.42 bits per heavy atom. The average molecular weight is 694 g/mol. The minimum atomic E-state index is -0.159. The molecule has 0 N–H and O–H groups in total. The van der Waals surface area contributed by atoms with E-state index in [9.17, 15) is 9.59 Å². The van der Waals surface area contributed by atoms with Crippen LogP contribution in [0.15, 0.2) is 46.1 Å². The maximum absolute atomic E-state index is 11.3. The maximum atomic E-state index is 11.3. The summed E-state index contributed by atoms with van der Waals surface area (Å²) < 4.78 is 14.6. The summed E-state index contributed by atoms with van der Waals surface area (Å²) in [6, 6.07) is 3.82. The van der Waals surface area contributed by atoms with E-state index in [1.165, 1.54) is 33.3 Å². The highest BCUT2D eigenvalue weighted by Crippen LogP contribution is 2.29. The molecule has 6 rings (SSSR count). The number of fused-ring (bicyclic) bond motifs is 2. The molecule has 0 aromatic carbocycles. The average Bonchev–Trinajstić information content (AvgIpc) is 3.40. The number of carbonyl (C=O) groups is 2. The van der Waals surface area contributed by atoms with Crippen LogP contribution in [0, 0.1) is 11.8 Å². The number of hydrogen-bond acceptors (Lipinski definition) is 9. The lowest BCUT2D eigenvalue weighted by atomic mass is 9.86. The van der Waals surface area contributed by atoms with Crippen LogP contribution in [0.5, 0.6) is 0 Å². The van der Waals surface area contributed by atoms with Crippen LogP contribution < -0.4 is 4.90 Å². The van der Waals surface area contributed by atoms with Crippen molar-refractivity contribution < 1.29 is 19.1 Å². The first kappa shape index (κ1) is 30.1. The Bertz CT molecular complexity index is 1410. The molecule has 204 valence electrons. The predicted octanol–water partition coefficient (Wildman–Crippen LogP) is 4.63. The number of carbonyl (C=O) groups excluding carboxylic acids is 2. The van der Waals surface area contributed by atoms with Gasteiger partial charge in [-0.05, 0) is 56.8 Å². The zero-order chi connectivity index (χ0) is 26.5. The number of aromatic nitrogens is 6. The minimum absolute atomic E-state index is 0. The van der Waals surface area contributed by atoms with E-state index in [1.807, 2.05) is 29.4 Å². The van der Waals surface area contributed by atoms with Gasteiger partial charge in [-0.2, -0.15) is 10.2 Å². The topological polar surface area (TPSA) is 116 Å². The van der Waals surface area contributed by atoms with Gasteiger partial charge in [0.05, 0.1) is 26.1 Å². The first-order chi connectivity index (χ1) is 17.8. The smallest absolute Gasteiger partial charge is 0.312 e. The van der Waals surface area contributed by atoms with Gasteiger partial charge in [0.2, 0.25) is 0 Å². The zero-order valence-electron chi connectivity index (χ0n) is 20.5. The van der Waals surface area contributed by atoms with Gasteiger partial charge in [-0.1, -0.05) is 18.0 Å². The molecule has 0 spiro atoms. The Kier molecular flexibility index (Phi) is 10.7. The van der Waals surface area contributed by atoms with Crippen LogP contribution in [0.25, 0.3) is 11.0 Å². The van der Waals surface area contributed by atoms with Crippen molar-refractivity contribution in [2.75, 3.05) is 32.2 Å². The van der Waals surface area contributed by atoms with Gasteiger partial charge in [-0.3, -0.25) is 9.59 Å². The van der Waals surface area contributed by atoms with E-state index < -0.39 is 0 Å². The lowest BCUT2D eigenvalue weighted by Crippen LogP contribution is -2.51. The maximum Gasteiger partial charge on any atom is 0.312 e. The molecule has 0 radical (unpaired) electrons. The molecule has 0 bridgehead atoms. The molecule has 5 heterocycles. The Labute approximate surface area is 246 Å². The van der Waals surface area contributed by atoms with Crippen LogP contribution >= 0.6 is 55.9 Å². The zero-order valence-corrected chi connectivity index (χ0v) is 25.2. The summed E-state index contributed by atoms with van der Waals surface area (Å²) in [5, 5.41) is 8.55. The standard InChI is InChI=1S/C11H11BrN4O2.C6H3BrClN3.C6H10O2.ClH/c1-18-11(17)7-3-15(4-7)10-9-2-8(12)5-16(9)14-6-13-10;7-4-1-5-6(8)9-3-10-11(5)2-4;1-8-6(7)5-3-2-4-5;/h2,5-7H,3-4H2,1H3;1-3H;5H,2-4H2,1H3;1H. The number of anilines is 1. The van der Waals surface area contributed by atoms with Crippen molar-refractivity contribution in [2.24, 2.45) is 11.8 Å². The van der Waals surface area contributed by atoms with E-state index in [2.05, 4.69) is 56.8 Å². The molecule has 0 unspecified atom stereocenters. The van der Waals surface area contributed by atoms with Crippen molar-refractivity contribution in [3.63, 3.8) is 0 Å². The van der Waals surface area contributed by atoms with Crippen molar-refractivity contribution in [3.8, 4) is 0 Å². The normalized spacial score (nSPS) is 14.7. The SMILES string of the molecule is COC(=O)C1CCC1.COC(=O)C1CN(c2ncnn3cc(Br)cc23)C1.Cl.Clc1ncnn2cc(Br)cc12. The fourth-order valence-electron chi connectivity index (χ4n) is 3.77. The molecule has 1 saturated carbocycles. The van der Waals surface area contributed by atoms with Gasteiger partial charge >= 0.3 is 11.9 Å². The molecule has 2 fully saturated rings. The molecular formula is C23H25Br2Cl2N7O4. The number of ether oxygens (including phenoxy) is 2. The molecule has 1 aliphatic carbocycles. The molecule has 0 amide bonds. The fourth-order valence-corrected chi connectivity index (χ4v) is 4.78. The highest BCUT2D eigenvalue weighted by atomic mass is 79.9. The fraction of sp³-hybridized carbons (Fsp3) is 0.391. The number of rotatable bonds is 3. The van der Waals surface area contributed by atoms with E-state index in [-0.39, 0.29) is 36.2 Å². The van der Waals surface area contributed by atoms with Crippen LogP contribution in [-0.4, -0.2) is 68.4 Å². The van der Waals surface area contributed by atoms with Crippen molar-refractivity contribution >= 4 is 84.7 Å². The summed E-state index contributed by atoms with van der Waals surface area (Å²) in [7, 11) is 2.86. The summed E-state index contributed by atoms with van der Waals surface area (Å²) in [5.41, 5.74) is 1.73. The molecule has 2 aliphatic rings. The molecule has 38 heavy (non-hydrogen) atoms. The monoisotopic (exact) mass is 691 g/mol. The number of halogens is 4. The molecule has 1 saturated heterocycles. The summed E-state index contributed by atoms with van der Waals surface area (Å²) in [6.45, 7) is 1.28. The number of nitrogens with zero attached hydrogens (tertiary/aromatic N) is 7. The largest absolute Gasteiger partial charge is 0.469 e. The molecule has 11 nitrogen and oxygen atoms in total. The number of esters is 2. The second-order valence-electron chi connectivity index (χ2n) is 8.39. The molecule has 1 aliphatic heterocycles. The summed E-state index contributed by atoms with van der Waals surface area (Å²) in [6.07, 6.45) is 9.89. The molecule has 0 atom stereocenters. The summed E-state index contributed by atoms with van der Waals surface area (Å²) >= 11 is 12.5. The van der Waals surface area contributed by atoms with Crippen molar-refractivity contribution in [2.45, 2.75) is 19.3 Å². The van der Waals surface area contributed by atoms with E-state index in [0.29, 0.717) is 18.2 Å². The van der Waals surface area contributed by atoms with Crippen LogP contribution in [0.4, 0.5) is 5.82 Å². The highest BCUT2D eigenvalue weighted by molar-refractivity contribution is 9.10. The van der Waals surface area contributed by atoms with Gasteiger partial charge in [-0.15, -0.1) is 12.4 Å². The Hall–Kier alpha value is -2.48. The van der Waals surface area contributed by atoms with Crippen LogP contribution in [0.2, 0.25) is 5.15 Å². The second-order valence-corrected chi connectivity index (χ2v) is 10.6. The minimum Gasteiger partial charge on any atom is -0.469 e. The Balaban J connectivity index is 0.000000171.